The van der Waals surface area contributed by atoms with Crippen molar-refractivity contribution >= 4 is 29.2 Å². The first-order chi connectivity index (χ1) is 29.8. The molecule has 2 bridgehead atoms. The van der Waals surface area contributed by atoms with E-state index in [4.69, 9.17) is 18.9 Å². The van der Waals surface area contributed by atoms with Crippen LogP contribution in [0.4, 0.5) is 0 Å². The summed E-state index contributed by atoms with van der Waals surface area (Å²) in [4.78, 5) is 71.1. The van der Waals surface area contributed by atoms with Crippen LogP contribution in [0.25, 0.3) is 0 Å². The van der Waals surface area contributed by atoms with E-state index in [2.05, 4.69) is 0 Å². The average Bonchev–Trinajstić information content (AvgIpc) is 3.25. The van der Waals surface area contributed by atoms with E-state index in [1.807, 2.05) is 58.1 Å². The van der Waals surface area contributed by atoms with E-state index in [0.717, 1.165) is 12.0 Å². The van der Waals surface area contributed by atoms with E-state index < -0.39 is 71.8 Å². The van der Waals surface area contributed by atoms with Crippen molar-refractivity contribution in [2.45, 2.75) is 180 Å². The molecule has 0 radical (unpaired) electrons. The standard InChI is InChI=1S/C50H77NO12/c1-30-15-11-10-12-16-31(2)44(60-8)27-38-20-18-36(7)50(59,63-38)47(56)48(57)51-22-14-13-17-39(51)49(58)62-45(35(6)25-37-19-21-40(52)46(26-37)61-9)29-43(55)34(5)24-33(4)42(54)28-41(53)32(3)23-30/h10-12,15-16,24,30,32,34-40,42,44-46,52,54,59H,13-14,17-23,25-29H2,1-9H3/b12-10?,15-11+,31-16?,33-24+/t30-,32-,34-,35-,36-,37+,38+,39+,40-,42+,44+,45+,46-,50-/m1/s1. The van der Waals surface area contributed by atoms with Crippen LogP contribution in [0.1, 0.15) is 132 Å². The van der Waals surface area contributed by atoms with E-state index in [9.17, 15) is 39.3 Å². The quantitative estimate of drug-likeness (QED) is 0.154. The maximum atomic E-state index is 14.3. The predicted octanol–water partition coefficient (Wildman–Crippen LogP) is 6.56. The van der Waals surface area contributed by atoms with Crippen molar-refractivity contribution in [3.05, 3.63) is 47.6 Å². The van der Waals surface area contributed by atoms with Crippen LogP contribution >= 0.6 is 0 Å². The molecule has 13 heteroatoms. The fourth-order valence-corrected chi connectivity index (χ4v) is 9.78. The number of cyclic esters (lactones) is 1. The van der Waals surface area contributed by atoms with Crippen LogP contribution in [0.5, 0.6) is 0 Å². The van der Waals surface area contributed by atoms with Gasteiger partial charge < -0.3 is 39.2 Å². The summed E-state index contributed by atoms with van der Waals surface area (Å²) in [5.41, 5.74) is 1.39. The number of esters is 1. The second kappa shape index (κ2) is 24.3. The molecule has 63 heavy (non-hydrogen) atoms. The maximum Gasteiger partial charge on any atom is 0.329 e. The molecule has 4 rings (SSSR count). The van der Waals surface area contributed by atoms with Gasteiger partial charge in [-0.3, -0.25) is 19.2 Å². The summed E-state index contributed by atoms with van der Waals surface area (Å²) in [5.74, 6) is -7.36. The lowest BCUT2D eigenvalue weighted by Crippen LogP contribution is -2.61. The molecule has 3 heterocycles. The Balaban J connectivity index is 1.67. The van der Waals surface area contributed by atoms with E-state index >= 15 is 0 Å². The Hall–Kier alpha value is -3.33. The van der Waals surface area contributed by atoms with Crippen LogP contribution in [0.2, 0.25) is 0 Å². The number of hydrogen-bond acceptors (Lipinski definition) is 12. The van der Waals surface area contributed by atoms with E-state index in [-0.39, 0.29) is 67.1 Å². The fraction of sp³-hybridized carbons (Fsp3) is 0.740. The number of aliphatic hydroxyl groups excluding tert-OH is 2. The molecule has 3 aliphatic heterocycles. The number of ketones is 3. The van der Waals surface area contributed by atoms with Crippen molar-refractivity contribution in [2.75, 3.05) is 20.8 Å². The normalized spacial score (nSPS) is 38.8. The summed E-state index contributed by atoms with van der Waals surface area (Å²) in [7, 11) is 3.15. The third-order valence-electron chi connectivity index (χ3n) is 14.2. The third-order valence-corrected chi connectivity index (χ3v) is 14.2. The molecule has 0 spiro atoms. The van der Waals surface area contributed by atoms with E-state index in [1.165, 1.54) is 4.90 Å². The number of ether oxygens (including phenoxy) is 4. The summed E-state index contributed by atoms with van der Waals surface area (Å²) in [6.45, 7) is 12.9. The van der Waals surface area contributed by atoms with Crippen molar-refractivity contribution in [2.24, 2.45) is 35.5 Å². The van der Waals surface area contributed by atoms with Gasteiger partial charge in [-0.05, 0) is 107 Å². The topological polar surface area (TPSA) is 186 Å². The second-order valence-corrected chi connectivity index (χ2v) is 19.3. The van der Waals surface area contributed by atoms with Gasteiger partial charge in [0, 0.05) is 57.8 Å². The molecule has 0 unspecified atom stereocenters. The predicted molar refractivity (Wildman–Crippen MR) is 239 cm³/mol. The zero-order chi connectivity index (χ0) is 46.6. The van der Waals surface area contributed by atoms with E-state index in [0.29, 0.717) is 63.4 Å². The highest BCUT2D eigenvalue weighted by Gasteiger charge is 2.53. The number of carbonyl (C=O) groups is 5. The van der Waals surface area contributed by atoms with Gasteiger partial charge in [0.05, 0.1) is 30.5 Å². The highest BCUT2D eigenvalue weighted by atomic mass is 16.6. The number of carbonyl (C=O) groups excluding carboxylic acids is 5. The number of allylic oxidation sites excluding steroid dienone is 6. The fourth-order valence-electron chi connectivity index (χ4n) is 9.78. The van der Waals surface area contributed by atoms with Gasteiger partial charge in [-0.1, -0.05) is 71.1 Å². The highest BCUT2D eigenvalue weighted by Crippen LogP contribution is 2.37. The first kappa shape index (κ1) is 52.3. The van der Waals surface area contributed by atoms with Crippen molar-refractivity contribution in [1.29, 1.82) is 0 Å². The lowest BCUT2D eigenvalue weighted by Gasteiger charge is -2.42. The number of fused-ring (bicyclic) bond motifs is 3. The Morgan fingerprint density at radius 1 is 0.841 bits per heavy atom. The summed E-state index contributed by atoms with van der Waals surface area (Å²) in [5, 5.41) is 33.5. The smallest absolute Gasteiger partial charge is 0.329 e. The van der Waals surface area contributed by atoms with Crippen LogP contribution in [-0.4, -0.2) is 119 Å². The molecule has 1 aliphatic carbocycles. The van der Waals surface area contributed by atoms with Gasteiger partial charge in [-0.2, -0.15) is 0 Å². The molecule has 13 nitrogen and oxygen atoms in total. The number of hydrogen-bond donors (Lipinski definition) is 3. The number of Topliss-reactive ketones (excluding diaryl/α,β-unsaturated/α-hetero) is 3. The third kappa shape index (κ3) is 14.3. The molecule has 1 amide bonds. The minimum Gasteiger partial charge on any atom is -0.460 e. The van der Waals surface area contributed by atoms with Crippen LogP contribution in [0.15, 0.2) is 47.6 Å². The maximum absolute atomic E-state index is 14.3. The molecule has 3 N–H and O–H groups in total. The molecule has 0 aromatic heterocycles. The van der Waals surface area contributed by atoms with Crippen LogP contribution in [0, 0.1) is 35.5 Å². The molecular weight excluding hydrogens is 807 g/mol. The second-order valence-electron chi connectivity index (χ2n) is 19.3. The first-order valence-electron chi connectivity index (χ1n) is 23.4. The molecule has 0 aromatic rings. The highest BCUT2D eigenvalue weighted by molar-refractivity contribution is 6.39. The summed E-state index contributed by atoms with van der Waals surface area (Å²) in [6, 6.07) is -1.12. The van der Waals surface area contributed by atoms with Crippen LogP contribution < -0.4 is 0 Å². The molecule has 0 aromatic carbocycles. The minimum atomic E-state index is -2.42. The minimum absolute atomic E-state index is 0.0725. The summed E-state index contributed by atoms with van der Waals surface area (Å²) < 4.78 is 23.8. The zero-order valence-electron chi connectivity index (χ0n) is 39.3. The summed E-state index contributed by atoms with van der Waals surface area (Å²) >= 11 is 0. The van der Waals surface area contributed by atoms with Crippen molar-refractivity contribution in [3.63, 3.8) is 0 Å². The molecule has 1 saturated carbocycles. The number of aliphatic hydroxyl groups is 3. The first-order valence-corrected chi connectivity index (χ1v) is 23.4. The van der Waals surface area contributed by atoms with Crippen LogP contribution in [0.3, 0.4) is 0 Å². The molecule has 4 aliphatic rings. The van der Waals surface area contributed by atoms with Gasteiger partial charge >= 0.3 is 5.97 Å². The molecule has 3 fully saturated rings. The number of rotatable bonds is 5. The van der Waals surface area contributed by atoms with Gasteiger partial charge in [0.2, 0.25) is 5.79 Å². The molecule has 14 atom stereocenters. The summed E-state index contributed by atoms with van der Waals surface area (Å²) in [6.07, 6.45) is 13.0. The number of nitrogens with zero attached hydrogens (tertiary/aromatic N) is 1. The SMILES string of the molecule is CO[C@H]1C[C@@H]2CC[C@@H](C)[C@@](O)(O2)C(=O)C(=O)N2CCCC[C@H]2C(=O)O[C@H]([C@H](C)C[C@@H]2CC[C@@H](O)[C@H](OC)C2)CC(=O)[C@H](C)/C=C(\C)[C@@H](O)CC(=O)[C@H](C)C[C@H](C)/C=C/C=CC=C1C. The monoisotopic (exact) mass is 884 g/mol. The Morgan fingerprint density at radius 2 is 1.57 bits per heavy atom. The van der Waals surface area contributed by atoms with Crippen molar-refractivity contribution in [3.8, 4) is 0 Å². The Morgan fingerprint density at radius 3 is 2.27 bits per heavy atom. The number of piperidine rings is 1. The molecule has 354 valence electrons. The Bertz CT molecular complexity index is 1700. The lowest BCUT2D eigenvalue weighted by molar-refractivity contribution is -0.265. The van der Waals surface area contributed by atoms with Gasteiger partial charge in [0.25, 0.3) is 11.7 Å². The van der Waals surface area contributed by atoms with Gasteiger partial charge in [0.15, 0.2) is 0 Å². The largest absolute Gasteiger partial charge is 0.460 e. The molecule has 2 saturated heterocycles. The Labute approximate surface area is 375 Å². The van der Waals surface area contributed by atoms with Gasteiger partial charge in [-0.15, -0.1) is 0 Å². The van der Waals surface area contributed by atoms with Crippen molar-refractivity contribution in [1.82, 2.24) is 4.90 Å². The van der Waals surface area contributed by atoms with Crippen LogP contribution in [-0.2, 0) is 42.9 Å². The van der Waals surface area contributed by atoms with Crippen molar-refractivity contribution < 1.29 is 58.2 Å². The lowest BCUT2D eigenvalue weighted by atomic mass is 9.78. The number of methoxy groups -OCH3 is 2. The van der Waals surface area contributed by atoms with Gasteiger partial charge in [0.1, 0.15) is 23.7 Å². The molecular formula is C50H77NO12. The number of amides is 1. The zero-order valence-corrected chi connectivity index (χ0v) is 39.3. The van der Waals surface area contributed by atoms with E-state index in [1.54, 1.807) is 41.1 Å². The van der Waals surface area contributed by atoms with Gasteiger partial charge in [-0.25, -0.2) is 4.79 Å². The Kier molecular flexibility index (Phi) is 20.1. The average molecular weight is 884 g/mol.